The summed E-state index contributed by atoms with van der Waals surface area (Å²) in [5, 5.41) is 9.73. The molecule has 8 nitrogen and oxygen atoms in total. The number of nitrogens with zero attached hydrogens (tertiary/aromatic N) is 3. The molecule has 0 saturated carbocycles. The quantitative estimate of drug-likeness (QED) is 0.592. The second kappa shape index (κ2) is 8.95. The predicted octanol–water partition coefficient (Wildman–Crippen LogP) is 3.19. The third-order valence-electron chi connectivity index (χ3n) is 4.77. The minimum absolute atomic E-state index is 0.00767. The number of primary sulfonamides is 1. The number of amides is 1. The molecular weight excluding hydrogens is 428 g/mol. The summed E-state index contributed by atoms with van der Waals surface area (Å²) in [5.74, 6) is 0.635. The predicted molar refractivity (Wildman–Crippen MR) is 112 cm³/mol. The Morgan fingerprint density at radius 2 is 1.93 bits per heavy atom. The van der Waals surface area contributed by atoms with Gasteiger partial charge in [0.15, 0.2) is 0 Å². The van der Waals surface area contributed by atoms with Crippen molar-refractivity contribution in [3.8, 4) is 11.4 Å². The van der Waals surface area contributed by atoms with Crippen LogP contribution in [0, 0.1) is 0 Å². The van der Waals surface area contributed by atoms with Crippen molar-refractivity contribution in [3.05, 3.63) is 65.0 Å². The first-order valence-corrected chi connectivity index (χ1v) is 11.0. The number of carbonyl (C=O) groups is 1. The normalized spacial score (nSPS) is 12.5. The van der Waals surface area contributed by atoms with Gasteiger partial charge in [-0.1, -0.05) is 28.9 Å². The summed E-state index contributed by atoms with van der Waals surface area (Å²) in [5.41, 5.74) is 1.43. The molecule has 0 saturated heterocycles. The molecule has 3 aromatic rings. The molecule has 1 atom stereocenters. The van der Waals surface area contributed by atoms with Crippen LogP contribution in [0.2, 0.25) is 5.02 Å². The Morgan fingerprint density at radius 1 is 1.23 bits per heavy atom. The average Bonchev–Trinajstić information content (AvgIpc) is 3.20. The molecule has 30 heavy (non-hydrogen) atoms. The third-order valence-corrected chi connectivity index (χ3v) is 5.93. The maximum atomic E-state index is 12.6. The fraction of sp³-hybridized carbons (Fsp3) is 0.250. The zero-order valence-electron chi connectivity index (χ0n) is 16.4. The number of sulfonamides is 1. The summed E-state index contributed by atoms with van der Waals surface area (Å²) in [4.78, 5) is 18.5. The van der Waals surface area contributed by atoms with E-state index in [0.717, 1.165) is 5.56 Å². The molecule has 0 fully saturated rings. The number of benzene rings is 2. The molecule has 3 rings (SSSR count). The highest BCUT2D eigenvalue weighted by atomic mass is 35.5. The SMILES string of the molecule is CC(c1cccc(S(N)(=O)=O)c1)N(C)C(=O)CCc1nc(-c2ccc(Cl)cc2)no1. The van der Waals surface area contributed by atoms with E-state index in [0.29, 0.717) is 22.3 Å². The number of halogens is 1. The highest BCUT2D eigenvalue weighted by Crippen LogP contribution is 2.23. The molecule has 10 heteroatoms. The molecule has 0 aliphatic rings. The van der Waals surface area contributed by atoms with Gasteiger partial charge in [0, 0.05) is 30.5 Å². The van der Waals surface area contributed by atoms with E-state index in [4.69, 9.17) is 21.3 Å². The lowest BCUT2D eigenvalue weighted by molar-refractivity contribution is -0.131. The van der Waals surface area contributed by atoms with Crippen LogP contribution in [0.25, 0.3) is 11.4 Å². The van der Waals surface area contributed by atoms with Gasteiger partial charge in [0.25, 0.3) is 0 Å². The summed E-state index contributed by atoms with van der Waals surface area (Å²) in [6, 6.07) is 12.9. The van der Waals surface area contributed by atoms with Gasteiger partial charge >= 0.3 is 0 Å². The molecule has 1 unspecified atom stereocenters. The zero-order valence-corrected chi connectivity index (χ0v) is 18.0. The van der Waals surface area contributed by atoms with Gasteiger partial charge in [0.05, 0.1) is 10.9 Å². The standard InChI is InChI=1S/C20H21ClN4O4S/c1-13(15-4-3-5-17(12-15)30(22,27)28)25(2)19(26)11-10-18-23-20(24-29-18)14-6-8-16(21)9-7-14/h3-9,12-13H,10-11H2,1-2H3,(H2,22,27,28). The lowest BCUT2D eigenvalue weighted by Crippen LogP contribution is -2.30. The monoisotopic (exact) mass is 448 g/mol. The molecule has 158 valence electrons. The van der Waals surface area contributed by atoms with Gasteiger partial charge in [-0.25, -0.2) is 13.6 Å². The maximum absolute atomic E-state index is 12.6. The number of rotatable bonds is 7. The van der Waals surface area contributed by atoms with Crippen molar-refractivity contribution in [1.82, 2.24) is 15.0 Å². The zero-order chi connectivity index (χ0) is 21.9. The largest absolute Gasteiger partial charge is 0.339 e. The molecule has 0 aliphatic heterocycles. The Balaban J connectivity index is 1.63. The lowest BCUT2D eigenvalue weighted by Gasteiger charge is -2.25. The molecule has 0 bridgehead atoms. The van der Waals surface area contributed by atoms with Crippen LogP contribution >= 0.6 is 11.6 Å². The van der Waals surface area contributed by atoms with Crippen LogP contribution in [0.15, 0.2) is 57.9 Å². The molecule has 2 aromatic carbocycles. The van der Waals surface area contributed by atoms with Crippen molar-refractivity contribution in [2.75, 3.05) is 7.05 Å². The van der Waals surface area contributed by atoms with Gasteiger partial charge in [-0.2, -0.15) is 4.98 Å². The summed E-state index contributed by atoms with van der Waals surface area (Å²) < 4.78 is 28.4. The molecule has 2 N–H and O–H groups in total. The van der Waals surface area contributed by atoms with Crippen LogP contribution in [0.5, 0.6) is 0 Å². The van der Waals surface area contributed by atoms with E-state index in [1.54, 1.807) is 48.3 Å². The van der Waals surface area contributed by atoms with Crippen molar-refractivity contribution in [3.63, 3.8) is 0 Å². The molecule has 0 spiro atoms. The van der Waals surface area contributed by atoms with Crippen LogP contribution in [-0.2, 0) is 21.2 Å². The van der Waals surface area contributed by atoms with Gasteiger partial charge in [-0.15, -0.1) is 0 Å². The minimum atomic E-state index is -3.81. The van der Waals surface area contributed by atoms with E-state index in [-0.39, 0.29) is 29.7 Å². The van der Waals surface area contributed by atoms with Crippen LogP contribution < -0.4 is 5.14 Å². The first kappa shape index (κ1) is 21.9. The first-order valence-electron chi connectivity index (χ1n) is 9.12. The van der Waals surface area contributed by atoms with Gasteiger partial charge in [-0.3, -0.25) is 4.79 Å². The Hall–Kier alpha value is -2.75. The van der Waals surface area contributed by atoms with Crippen LogP contribution in [-0.4, -0.2) is 36.4 Å². The molecule has 0 aliphatic carbocycles. The fourth-order valence-corrected chi connectivity index (χ4v) is 3.55. The lowest BCUT2D eigenvalue weighted by atomic mass is 10.1. The van der Waals surface area contributed by atoms with Crippen molar-refractivity contribution >= 4 is 27.5 Å². The summed E-state index contributed by atoms with van der Waals surface area (Å²) in [7, 11) is -2.16. The van der Waals surface area contributed by atoms with E-state index in [1.807, 2.05) is 6.92 Å². The van der Waals surface area contributed by atoms with E-state index in [9.17, 15) is 13.2 Å². The highest BCUT2D eigenvalue weighted by molar-refractivity contribution is 7.89. The van der Waals surface area contributed by atoms with Crippen molar-refractivity contribution in [2.24, 2.45) is 5.14 Å². The Labute approximate surface area is 179 Å². The maximum Gasteiger partial charge on any atom is 0.238 e. The Bertz CT molecular complexity index is 1150. The van der Waals surface area contributed by atoms with Crippen LogP contribution in [0.4, 0.5) is 0 Å². The number of hydrogen-bond donors (Lipinski definition) is 1. The Morgan fingerprint density at radius 3 is 2.60 bits per heavy atom. The summed E-state index contributed by atoms with van der Waals surface area (Å²) in [6.07, 6.45) is 0.450. The van der Waals surface area contributed by atoms with E-state index >= 15 is 0 Å². The minimum Gasteiger partial charge on any atom is -0.339 e. The molecule has 0 radical (unpaired) electrons. The fourth-order valence-electron chi connectivity index (χ4n) is 2.85. The van der Waals surface area contributed by atoms with E-state index in [2.05, 4.69) is 10.1 Å². The summed E-state index contributed by atoms with van der Waals surface area (Å²) in [6.45, 7) is 1.81. The van der Waals surface area contributed by atoms with Gasteiger partial charge < -0.3 is 9.42 Å². The van der Waals surface area contributed by atoms with Crippen LogP contribution in [0.3, 0.4) is 0 Å². The average molecular weight is 449 g/mol. The van der Waals surface area contributed by atoms with Crippen LogP contribution in [0.1, 0.15) is 30.8 Å². The first-order chi connectivity index (χ1) is 14.1. The highest BCUT2D eigenvalue weighted by Gasteiger charge is 2.20. The number of aryl methyl sites for hydroxylation is 1. The van der Waals surface area contributed by atoms with Gasteiger partial charge in [0.2, 0.25) is 27.6 Å². The van der Waals surface area contributed by atoms with Crippen molar-refractivity contribution in [2.45, 2.75) is 30.7 Å². The second-order valence-corrected chi connectivity index (χ2v) is 8.81. The third kappa shape index (κ3) is 5.24. The van der Waals surface area contributed by atoms with Gasteiger partial charge in [-0.05, 0) is 48.9 Å². The summed E-state index contributed by atoms with van der Waals surface area (Å²) >= 11 is 5.88. The topological polar surface area (TPSA) is 119 Å². The van der Waals surface area contributed by atoms with Gasteiger partial charge in [0.1, 0.15) is 0 Å². The number of aromatic nitrogens is 2. The molecule has 1 amide bonds. The van der Waals surface area contributed by atoms with E-state index in [1.165, 1.54) is 12.1 Å². The molecule has 1 aromatic heterocycles. The number of carbonyl (C=O) groups excluding carboxylic acids is 1. The molecule has 1 heterocycles. The number of hydrogen-bond acceptors (Lipinski definition) is 6. The van der Waals surface area contributed by atoms with Crippen molar-refractivity contribution in [1.29, 1.82) is 0 Å². The van der Waals surface area contributed by atoms with Crippen molar-refractivity contribution < 1.29 is 17.7 Å². The van der Waals surface area contributed by atoms with E-state index < -0.39 is 10.0 Å². The number of nitrogens with two attached hydrogens (primary N) is 1. The molecular formula is C20H21ClN4O4S. The smallest absolute Gasteiger partial charge is 0.238 e. The second-order valence-electron chi connectivity index (χ2n) is 6.82. The Kier molecular flexibility index (Phi) is 6.55.